The molecule has 5 heteroatoms. The molecule has 1 aromatic carbocycles. The molecule has 1 unspecified atom stereocenters. The largest absolute Gasteiger partial charge is 0.276 e. The number of rotatable bonds is 3. The van der Waals surface area contributed by atoms with Crippen LogP contribution in [0, 0.1) is 0 Å². The van der Waals surface area contributed by atoms with Gasteiger partial charge in [-0.05, 0) is 37.3 Å². The van der Waals surface area contributed by atoms with Crippen LogP contribution < -0.4 is 0 Å². The molecule has 0 aromatic heterocycles. The zero-order valence-corrected chi connectivity index (χ0v) is 11.5. The molecular formula is C14H15NO3S. The highest BCUT2D eigenvalue weighted by Crippen LogP contribution is 2.33. The van der Waals surface area contributed by atoms with Gasteiger partial charge in [0.1, 0.15) is 0 Å². The quantitative estimate of drug-likeness (QED) is 0.629. The van der Waals surface area contributed by atoms with Crippen LogP contribution in [-0.4, -0.2) is 27.3 Å². The first kappa shape index (κ1) is 13.7. The number of allylic oxidation sites excluding steroid dienone is 2. The topological polar surface area (TPSA) is 63.6 Å². The first-order chi connectivity index (χ1) is 8.93. The summed E-state index contributed by atoms with van der Waals surface area (Å²) in [6.45, 7) is 3.17. The second kappa shape index (κ2) is 5.09. The van der Waals surface area contributed by atoms with Crippen molar-refractivity contribution in [2.24, 2.45) is 4.99 Å². The normalized spacial score (nSPS) is 18.5. The number of benzene rings is 1. The van der Waals surface area contributed by atoms with Gasteiger partial charge in [0.25, 0.3) is 5.91 Å². The summed E-state index contributed by atoms with van der Waals surface area (Å²) in [5.41, 5.74) is 0.998. The number of amides is 1. The molecule has 1 amide bonds. The molecule has 1 atom stereocenters. The van der Waals surface area contributed by atoms with Crippen LogP contribution in [0.3, 0.4) is 0 Å². The summed E-state index contributed by atoms with van der Waals surface area (Å²) in [7, 11) is -3.38. The van der Waals surface area contributed by atoms with Gasteiger partial charge in [0.05, 0.1) is 4.90 Å². The number of nitrogens with zero attached hydrogens (tertiary/aromatic N) is 1. The molecule has 19 heavy (non-hydrogen) atoms. The SMILES string of the molecule is C=NC(=O)c1ccc(C2C=CCC2)c(S(C)(=O)=O)c1. The first-order valence-electron chi connectivity index (χ1n) is 5.95. The maximum absolute atomic E-state index is 11.9. The number of aliphatic imine (C=N–C) groups is 1. The maximum Gasteiger partial charge on any atom is 0.276 e. The van der Waals surface area contributed by atoms with Gasteiger partial charge in [-0.1, -0.05) is 18.2 Å². The summed E-state index contributed by atoms with van der Waals surface area (Å²) in [5, 5.41) is 0. The van der Waals surface area contributed by atoms with Crippen molar-refractivity contribution in [2.45, 2.75) is 23.7 Å². The van der Waals surface area contributed by atoms with E-state index in [0.717, 1.165) is 24.7 Å². The molecule has 0 fully saturated rings. The van der Waals surface area contributed by atoms with Gasteiger partial charge >= 0.3 is 0 Å². The van der Waals surface area contributed by atoms with E-state index >= 15 is 0 Å². The Morgan fingerprint density at radius 2 is 2.16 bits per heavy atom. The summed E-state index contributed by atoms with van der Waals surface area (Å²) in [5.74, 6) is -0.413. The molecular weight excluding hydrogens is 262 g/mol. The van der Waals surface area contributed by atoms with Crippen LogP contribution in [0.5, 0.6) is 0 Å². The van der Waals surface area contributed by atoms with E-state index in [1.165, 1.54) is 6.07 Å². The monoisotopic (exact) mass is 277 g/mol. The van der Waals surface area contributed by atoms with Gasteiger partial charge < -0.3 is 0 Å². The lowest BCUT2D eigenvalue weighted by molar-refractivity contribution is 0.100. The lowest BCUT2D eigenvalue weighted by Gasteiger charge is -2.14. The van der Waals surface area contributed by atoms with E-state index in [-0.39, 0.29) is 16.4 Å². The van der Waals surface area contributed by atoms with E-state index in [2.05, 4.69) is 11.7 Å². The molecule has 2 rings (SSSR count). The minimum atomic E-state index is -3.38. The van der Waals surface area contributed by atoms with Crippen LogP contribution >= 0.6 is 0 Å². The minimum Gasteiger partial charge on any atom is -0.267 e. The average Bonchev–Trinajstić information content (AvgIpc) is 2.90. The fraction of sp³-hybridized carbons (Fsp3) is 0.286. The van der Waals surface area contributed by atoms with Crippen molar-refractivity contribution in [3.8, 4) is 0 Å². The van der Waals surface area contributed by atoms with Crippen LogP contribution in [0.4, 0.5) is 0 Å². The molecule has 0 N–H and O–H groups in total. The maximum atomic E-state index is 11.9. The highest BCUT2D eigenvalue weighted by Gasteiger charge is 2.22. The molecule has 4 nitrogen and oxygen atoms in total. The Hall–Kier alpha value is -1.75. The lowest BCUT2D eigenvalue weighted by Crippen LogP contribution is -2.07. The number of hydrogen-bond donors (Lipinski definition) is 0. The van der Waals surface area contributed by atoms with Crippen molar-refractivity contribution in [2.75, 3.05) is 6.26 Å². The summed E-state index contributed by atoms with van der Waals surface area (Å²) >= 11 is 0. The molecule has 0 radical (unpaired) electrons. The third-order valence-corrected chi connectivity index (χ3v) is 4.37. The molecule has 0 spiro atoms. The van der Waals surface area contributed by atoms with E-state index in [9.17, 15) is 13.2 Å². The zero-order valence-electron chi connectivity index (χ0n) is 10.7. The number of carbonyl (C=O) groups is 1. The van der Waals surface area contributed by atoms with E-state index in [1.807, 2.05) is 12.2 Å². The van der Waals surface area contributed by atoms with Crippen LogP contribution in [0.2, 0.25) is 0 Å². The summed E-state index contributed by atoms with van der Waals surface area (Å²) < 4.78 is 23.8. The predicted octanol–water partition coefficient (Wildman–Crippen LogP) is 2.36. The van der Waals surface area contributed by atoms with Gasteiger partial charge in [0, 0.05) is 17.7 Å². The third kappa shape index (κ3) is 2.81. The highest BCUT2D eigenvalue weighted by molar-refractivity contribution is 7.90. The number of hydrogen-bond acceptors (Lipinski definition) is 3. The Labute approximate surface area is 112 Å². The van der Waals surface area contributed by atoms with Crippen LogP contribution in [0.15, 0.2) is 40.2 Å². The third-order valence-electron chi connectivity index (χ3n) is 3.22. The van der Waals surface area contributed by atoms with Crippen molar-refractivity contribution in [1.82, 2.24) is 0 Å². The molecule has 1 aromatic rings. The van der Waals surface area contributed by atoms with Crippen molar-refractivity contribution in [1.29, 1.82) is 0 Å². The second-order valence-electron chi connectivity index (χ2n) is 4.60. The highest BCUT2D eigenvalue weighted by atomic mass is 32.2. The molecule has 1 aliphatic rings. The number of carbonyl (C=O) groups excluding carboxylic acids is 1. The second-order valence-corrected chi connectivity index (χ2v) is 6.58. The molecule has 0 saturated heterocycles. The van der Waals surface area contributed by atoms with Crippen LogP contribution in [0.1, 0.15) is 34.7 Å². The molecule has 0 aliphatic heterocycles. The molecule has 0 heterocycles. The zero-order chi connectivity index (χ0) is 14.0. The number of sulfone groups is 1. The fourth-order valence-electron chi connectivity index (χ4n) is 2.28. The fourth-order valence-corrected chi connectivity index (χ4v) is 3.27. The van der Waals surface area contributed by atoms with Gasteiger partial charge in [-0.25, -0.2) is 13.4 Å². The Balaban J connectivity index is 2.58. The summed E-state index contributed by atoms with van der Waals surface area (Å²) in [6, 6.07) is 4.70. The average molecular weight is 277 g/mol. The van der Waals surface area contributed by atoms with Crippen molar-refractivity contribution in [3.05, 3.63) is 41.5 Å². The summed E-state index contributed by atoms with van der Waals surface area (Å²) in [4.78, 5) is 15.0. The van der Waals surface area contributed by atoms with E-state index < -0.39 is 15.7 Å². The molecule has 1 aliphatic carbocycles. The molecule has 0 bridgehead atoms. The molecule has 100 valence electrons. The van der Waals surface area contributed by atoms with E-state index in [0.29, 0.717) is 0 Å². The van der Waals surface area contributed by atoms with Crippen LogP contribution in [-0.2, 0) is 9.84 Å². The van der Waals surface area contributed by atoms with Crippen molar-refractivity contribution < 1.29 is 13.2 Å². The Bertz CT molecular complexity index is 659. The summed E-state index contributed by atoms with van der Waals surface area (Å²) in [6.07, 6.45) is 7.05. The smallest absolute Gasteiger partial charge is 0.267 e. The van der Waals surface area contributed by atoms with Gasteiger partial charge in [0.15, 0.2) is 9.84 Å². The Kier molecular flexibility index (Phi) is 3.66. The lowest BCUT2D eigenvalue weighted by atomic mass is 9.97. The first-order valence-corrected chi connectivity index (χ1v) is 7.84. The van der Waals surface area contributed by atoms with Gasteiger partial charge in [-0.15, -0.1) is 0 Å². The standard InChI is InChI=1S/C14H15NO3S/c1-15-14(16)11-7-8-12(10-5-3-4-6-10)13(9-11)19(2,17)18/h3,5,7-10H,1,4,6H2,2H3. The Morgan fingerprint density at radius 1 is 1.42 bits per heavy atom. The van der Waals surface area contributed by atoms with Crippen LogP contribution in [0.25, 0.3) is 0 Å². The van der Waals surface area contributed by atoms with Crippen molar-refractivity contribution in [3.63, 3.8) is 0 Å². The minimum absolute atomic E-state index is 0.102. The van der Waals surface area contributed by atoms with E-state index in [4.69, 9.17) is 0 Å². The van der Waals surface area contributed by atoms with Gasteiger partial charge in [-0.2, -0.15) is 0 Å². The van der Waals surface area contributed by atoms with Crippen molar-refractivity contribution >= 4 is 22.5 Å². The van der Waals surface area contributed by atoms with E-state index in [1.54, 1.807) is 12.1 Å². The van der Waals surface area contributed by atoms with Gasteiger partial charge in [0.2, 0.25) is 0 Å². The Morgan fingerprint density at radius 3 is 2.68 bits per heavy atom. The predicted molar refractivity (Wildman–Crippen MR) is 74.5 cm³/mol. The molecule has 0 saturated carbocycles. The van der Waals surface area contributed by atoms with Gasteiger partial charge in [-0.3, -0.25) is 4.79 Å².